The molecule has 2 aliphatic carbocycles. The van der Waals surface area contributed by atoms with Crippen molar-refractivity contribution >= 4 is 35.4 Å². The Morgan fingerprint density at radius 2 is 1.14 bits per heavy atom. The highest BCUT2D eigenvalue weighted by molar-refractivity contribution is 5.95. The Kier molecular flexibility index (Phi) is 16.6. The summed E-state index contributed by atoms with van der Waals surface area (Å²) in [6, 6.07) is 11.6. The molecule has 4 aromatic rings. The first-order valence-corrected chi connectivity index (χ1v) is 25.4. The number of hydrogen-bond acceptors (Lipinski definition) is 12. The van der Waals surface area contributed by atoms with Crippen molar-refractivity contribution in [1.82, 2.24) is 71.7 Å². The molecule has 8 rings (SSSR count). The highest BCUT2D eigenvalue weighted by Gasteiger charge is 2.41. The molecule has 380 valence electrons. The lowest BCUT2D eigenvalue weighted by Gasteiger charge is -2.32. The summed E-state index contributed by atoms with van der Waals surface area (Å²) in [5.41, 5.74) is 6.38. The predicted molar refractivity (Wildman–Crippen MR) is 263 cm³/mol. The summed E-state index contributed by atoms with van der Waals surface area (Å²) in [6.45, 7) is 6.70. The van der Waals surface area contributed by atoms with Crippen molar-refractivity contribution in [3.05, 3.63) is 94.1 Å². The van der Waals surface area contributed by atoms with Crippen LogP contribution in [-0.2, 0) is 67.5 Å². The van der Waals surface area contributed by atoms with E-state index in [9.17, 15) is 28.8 Å². The molecule has 71 heavy (non-hydrogen) atoms. The van der Waals surface area contributed by atoms with Crippen LogP contribution < -0.4 is 31.9 Å². The number of carbonyl (C=O) groups excluding carboxylic acids is 6. The summed E-state index contributed by atoms with van der Waals surface area (Å²) in [5, 5.41) is 35.7. The molecule has 0 saturated carbocycles. The molecule has 2 saturated heterocycles. The van der Waals surface area contributed by atoms with Crippen LogP contribution in [0.15, 0.2) is 54.7 Å². The van der Waals surface area contributed by atoms with E-state index in [1.165, 1.54) is 11.1 Å². The van der Waals surface area contributed by atoms with Crippen LogP contribution in [0.3, 0.4) is 0 Å². The van der Waals surface area contributed by atoms with Crippen LogP contribution in [0.5, 0.6) is 0 Å². The second-order valence-corrected chi connectivity index (χ2v) is 19.6. The Hall–Kier alpha value is -6.54. The number of likely N-dealkylation sites (tertiary alicyclic amines) is 2. The molecule has 4 aliphatic rings. The number of aromatic nitrogens is 6. The lowest BCUT2D eigenvalue weighted by molar-refractivity contribution is -0.141. The maximum atomic E-state index is 14.5. The van der Waals surface area contributed by atoms with Crippen LogP contribution in [0.1, 0.15) is 117 Å². The molecule has 2 aromatic heterocycles. The first-order valence-electron chi connectivity index (χ1n) is 25.4. The topological polar surface area (TPSA) is 242 Å². The van der Waals surface area contributed by atoms with Crippen LogP contribution in [0.4, 0.5) is 0 Å². The minimum atomic E-state index is -1.00. The first-order chi connectivity index (χ1) is 34.3. The number of likely N-dealkylation sites (N-methyl/N-ethyl adjacent to an activating group) is 2. The molecule has 2 fully saturated rings. The SMILES string of the molecule is CN[C@@H](C)C(=O)NC(Cc1nnn(CCn2cc(C[C@H](NC(=O)[C@H](C)NC)C(=O)N3CCC[C@H]3C(=O)N[C@@H]3CCCc4ccccc43)nn2)c1C)C(=O)N1CCC[C@H]1C(=O)N[C@@H]1CCCc2ccccc21. The van der Waals surface area contributed by atoms with Gasteiger partial charge in [0.15, 0.2) is 0 Å². The van der Waals surface area contributed by atoms with E-state index in [0.717, 1.165) is 49.7 Å². The Bertz CT molecular complexity index is 2560. The fourth-order valence-electron chi connectivity index (χ4n) is 10.5. The minimum Gasteiger partial charge on any atom is -0.347 e. The van der Waals surface area contributed by atoms with Gasteiger partial charge in [0.2, 0.25) is 35.4 Å². The molecule has 20 nitrogen and oxygen atoms in total. The van der Waals surface area contributed by atoms with E-state index in [2.05, 4.69) is 76.8 Å². The van der Waals surface area contributed by atoms with Gasteiger partial charge < -0.3 is 41.7 Å². The van der Waals surface area contributed by atoms with Crippen molar-refractivity contribution < 1.29 is 28.8 Å². The number of hydrogen-bond donors (Lipinski definition) is 6. The molecule has 6 N–H and O–H groups in total. The maximum Gasteiger partial charge on any atom is 0.246 e. The largest absolute Gasteiger partial charge is 0.347 e. The highest BCUT2D eigenvalue weighted by atomic mass is 16.2. The number of carbonyl (C=O) groups is 6. The number of aryl methyl sites for hydroxylation is 4. The summed E-state index contributed by atoms with van der Waals surface area (Å²) >= 11 is 0. The van der Waals surface area contributed by atoms with E-state index in [-0.39, 0.29) is 60.4 Å². The molecule has 0 bridgehead atoms. The zero-order chi connectivity index (χ0) is 50.2. The van der Waals surface area contributed by atoms with E-state index in [0.29, 0.717) is 68.9 Å². The van der Waals surface area contributed by atoms with Gasteiger partial charge in [0.1, 0.15) is 24.2 Å². The molecular weight excluding hydrogens is 905 g/mol. The van der Waals surface area contributed by atoms with Gasteiger partial charge in [-0.3, -0.25) is 33.4 Å². The summed E-state index contributed by atoms with van der Waals surface area (Å²) in [7, 11) is 3.34. The van der Waals surface area contributed by atoms with E-state index in [1.807, 2.05) is 31.2 Å². The zero-order valence-corrected chi connectivity index (χ0v) is 41.7. The molecule has 2 aliphatic heterocycles. The maximum absolute atomic E-state index is 14.5. The van der Waals surface area contributed by atoms with Gasteiger partial charge in [0.25, 0.3) is 0 Å². The average molecular weight is 975 g/mol. The monoisotopic (exact) mass is 975 g/mol. The van der Waals surface area contributed by atoms with Gasteiger partial charge in [-0.05, 0) is 121 Å². The fraction of sp³-hybridized carbons (Fsp3) is 0.569. The van der Waals surface area contributed by atoms with E-state index in [4.69, 9.17) is 0 Å². The summed E-state index contributed by atoms with van der Waals surface area (Å²) in [4.78, 5) is 86.4. The standard InChI is InChI=1S/C51H70N14O6/c1-31(52-4)46(66)56-42(50(70)63-24-12-22-44(63)48(68)54-39-20-10-16-34-14-6-8-18-37(34)39)28-36-30-62(60-58-36)26-27-65-33(3)41(59-61-65)29-43(57-47(67)32(2)53-5)51(71)64-25-13-23-45(64)49(69)55-40-21-11-17-35-15-7-9-19-38(35)40/h6-9,14-15,18-19,30-32,39-40,42-45,52-53H,10-13,16-17,20-29H2,1-5H3,(H,54,68)(H,55,69)(H,56,66)(H,57,67)/t31-,32-,39+,40+,42-,43?,44-,45-/m0/s1. The molecule has 1 unspecified atom stereocenters. The molecule has 20 heteroatoms. The Labute approximate surface area is 415 Å². The Balaban J connectivity index is 0.913. The number of amides is 6. The third kappa shape index (κ3) is 11.8. The molecule has 6 amide bonds. The van der Waals surface area contributed by atoms with E-state index in [1.54, 1.807) is 53.3 Å². The quantitative estimate of drug-likeness (QED) is 0.0784. The van der Waals surface area contributed by atoms with Gasteiger partial charge >= 0.3 is 0 Å². The molecule has 0 spiro atoms. The second-order valence-electron chi connectivity index (χ2n) is 19.6. The van der Waals surface area contributed by atoms with Gasteiger partial charge in [0.05, 0.1) is 54.3 Å². The van der Waals surface area contributed by atoms with E-state index < -0.39 is 36.3 Å². The average Bonchev–Trinajstić information content (AvgIpc) is 4.23. The number of benzene rings is 2. The second kappa shape index (κ2) is 23.1. The number of fused-ring (bicyclic) bond motifs is 2. The Morgan fingerprint density at radius 3 is 1.66 bits per heavy atom. The van der Waals surface area contributed by atoms with Gasteiger partial charge in [-0.1, -0.05) is 59.0 Å². The van der Waals surface area contributed by atoms with Gasteiger partial charge in [-0.25, -0.2) is 4.68 Å². The lowest BCUT2D eigenvalue weighted by Crippen LogP contribution is -2.56. The first kappa shape index (κ1) is 50.8. The van der Waals surface area contributed by atoms with E-state index >= 15 is 0 Å². The molecule has 0 radical (unpaired) electrons. The summed E-state index contributed by atoms with van der Waals surface area (Å²) < 4.78 is 3.32. The molecule has 8 atom stereocenters. The van der Waals surface area contributed by atoms with Gasteiger partial charge in [-0.2, -0.15) is 0 Å². The smallest absolute Gasteiger partial charge is 0.246 e. The lowest BCUT2D eigenvalue weighted by atomic mass is 9.87. The third-order valence-electron chi connectivity index (χ3n) is 14.9. The summed E-state index contributed by atoms with van der Waals surface area (Å²) in [6.07, 6.45) is 9.72. The number of nitrogens with zero attached hydrogens (tertiary/aromatic N) is 8. The van der Waals surface area contributed by atoms with Gasteiger partial charge in [-0.15, -0.1) is 10.2 Å². The van der Waals surface area contributed by atoms with Crippen molar-refractivity contribution in [2.75, 3.05) is 27.2 Å². The fourth-order valence-corrected chi connectivity index (χ4v) is 10.5. The van der Waals surface area contributed by atoms with Crippen LogP contribution in [-0.4, -0.2) is 139 Å². The predicted octanol–water partition coefficient (Wildman–Crippen LogP) is 1.52. The minimum absolute atomic E-state index is 0.0513. The van der Waals surface area contributed by atoms with Crippen LogP contribution in [0, 0.1) is 6.92 Å². The van der Waals surface area contributed by atoms with Crippen LogP contribution >= 0.6 is 0 Å². The third-order valence-corrected chi connectivity index (χ3v) is 14.9. The molecule has 2 aromatic carbocycles. The van der Waals surface area contributed by atoms with Crippen molar-refractivity contribution in [2.45, 2.75) is 159 Å². The van der Waals surface area contributed by atoms with Crippen molar-refractivity contribution in [2.24, 2.45) is 0 Å². The normalized spacial score (nSPS) is 21.3. The number of rotatable bonds is 19. The molecular formula is C51H70N14O6. The zero-order valence-electron chi connectivity index (χ0n) is 41.7. The van der Waals surface area contributed by atoms with Crippen LogP contribution in [0.2, 0.25) is 0 Å². The van der Waals surface area contributed by atoms with Crippen LogP contribution in [0.25, 0.3) is 0 Å². The summed E-state index contributed by atoms with van der Waals surface area (Å²) in [5.74, 6) is -1.81. The van der Waals surface area contributed by atoms with Crippen molar-refractivity contribution in [1.29, 1.82) is 0 Å². The van der Waals surface area contributed by atoms with Crippen molar-refractivity contribution in [3.63, 3.8) is 0 Å². The highest BCUT2D eigenvalue weighted by Crippen LogP contribution is 2.32. The van der Waals surface area contributed by atoms with Crippen molar-refractivity contribution in [3.8, 4) is 0 Å². The number of nitrogens with one attached hydrogen (secondary N) is 6. The molecule has 4 heterocycles. The Morgan fingerprint density at radius 1 is 0.634 bits per heavy atom. The van der Waals surface area contributed by atoms with Gasteiger partial charge in [0, 0.05) is 32.1 Å².